The van der Waals surface area contributed by atoms with E-state index in [0.29, 0.717) is 18.1 Å². The molecule has 2 atom stereocenters. The summed E-state index contributed by atoms with van der Waals surface area (Å²) in [6, 6.07) is 1.07. The Morgan fingerprint density at radius 3 is 2.57 bits per heavy atom. The SMILES string of the molecule is Cc1ncc(CNC2CC3CCC(C2)N3C(=O)OC(C)(C)C)[nH]1. The van der Waals surface area contributed by atoms with Crippen molar-refractivity contribution in [2.45, 2.75) is 83.6 Å². The van der Waals surface area contributed by atoms with E-state index in [1.807, 2.05) is 38.8 Å². The lowest BCUT2D eigenvalue weighted by atomic mass is 9.97. The Bertz CT molecular complexity index is 549. The Kier molecular flexibility index (Phi) is 4.36. The number of imidazole rings is 1. The van der Waals surface area contributed by atoms with Crippen LogP contribution in [0.1, 0.15) is 58.0 Å². The number of hydrogen-bond donors (Lipinski definition) is 2. The summed E-state index contributed by atoms with van der Waals surface area (Å²) in [5.74, 6) is 0.946. The Morgan fingerprint density at radius 2 is 2.04 bits per heavy atom. The topological polar surface area (TPSA) is 70.2 Å². The van der Waals surface area contributed by atoms with E-state index in [4.69, 9.17) is 4.74 Å². The maximum absolute atomic E-state index is 12.4. The van der Waals surface area contributed by atoms with E-state index in [2.05, 4.69) is 15.3 Å². The first-order valence-electron chi connectivity index (χ1n) is 8.57. The summed E-state index contributed by atoms with van der Waals surface area (Å²) < 4.78 is 5.58. The highest BCUT2D eigenvalue weighted by atomic mass is 16.6. The van der Waals surface area contributed by atoms with Crippen LogP contribution in [-0.2, 0) is 11.3 Å². The molecule has 2 fully saturated rings. The zero-order valence-electron chi connectivity index (χ0n) is 14.6. The van der Waals surface area contributed by atoms with Gasteiger partial charge in [-0.1, -0.05) is 0 Å². The standard InChI is InChI=1S/C17H28N4O2/c1-11-18-9-13(20-11)10-19-12-7-14-5-6-15(8-12)21(14)16(22)23-17(2,3)4/h9,12,14-15,19H,5-8,10H2,1-4H3,(H,18,20). The van der Waals surface area contributed by atoms with Gasteiger partial charge >= 0.3 is 6.09 Å². The van der Waals surface area contributed by atoms with Gasteiger partial charge in [-0.25, -0.2) is 9.78 Å². The zero-order valence-corrected chi connectivity index (χ0v) is 14.6. The molecule has 2 aliphatic rings. The van der Waals surface area contributed by atoms with E-state index in [0.717, 1.165) is 43.7 Å². The third-order valence-corrected chi connectivity index (χ3v) is 4.67. The van der Waals surface area contributed by atoms with E-state index >= 15 is 0 Å². The number of hydrogen-bond acceptors (Lipinski definition) is 4. The van der Waals surface area contributed by atoms with Crippen LogP contribution < -0.4 is 5.32 Å². The Morgan fingerprint density at radius 1 is 1.39 bits per heavy atom. The van der Waals surface area contributed by atoms with Crippen molar-refractivity contribution in [2.75, 3.05) is 0 Å². The summed E-state index contributed by atoms with van der Waals surface area (Å²) in [6.45, 7) is 8.54. The minimum absolute atomic E-state index is 0.146. The molecule has 0 spiro atoms. The fourth-order valence-electron chi connectivity index (χ4n) is 3.77. The van der Waals surface area contributed by atoms with Gasteiger partial charge in [0.2, 0.25) is 0 Å². The van der Waals surface area contributed by atoms with Crippen LogP contribution in [0.2, 0.25) is 0 Å². The number of carbonyl (C=O) groups is 1. The highest BCUT2D eigenvalue weighted by Gasteiger charge is 2.44. The number of nitrogens with one attached hydrogen (secondary N) is 2. The van der Waals surface area contributed by atoms with Gasteiger partial charge in [0.15, 0.2) is 0 Å². The van der Waals surface area contributed by atoms with Gasteiger partial charge in [0.05, 0.1) is 0 Å². The predicted octanol–water partition coefficient (Wildman–Crippen LogP) is 2.74. The average Bonchev–Trinajstić information content (AvgIpc) is 2.96. The zero-order chi connectivity index (χ0) is 16.6. The first-order chi connectivity index (χ1) is 10.8. The number of fused-ring (bicyclic) bond motifs is 2. The second-order valence-corrected chi connectivity index (χ2v) is 7.82. The third kappa shape index (κ3) is 3.86. The number of H-pyrrole nitrogens is 1. The van der Waals surface area contributed by atoms with Gasteiger partial charge in [0, 0.05) is 36.6 Å². The molecule has 6 heteroatoms. The van der Waals surface area contributed by atoms with Crippen LogP contribution in [-0.4, -0.2) is 44.7 Å². The van der Waals surface area contributed by atoms with Gasteiger partial charge in [-0.15, -0.1) is 0 Å². The molecule has 3 heterocycles. The van der Waals surface area contributed by atoms with Gasteiger partial charge < -0.3 is 19.9 Å². The number of piperidine rings is 1. The van der Waals surface area contributed by atoms with Crippen molar-refractivity contribution in [3.05, 3.63) is 17.7 Å². The summed E-state index contributed by atoms with van der Waals surface area (Å²) >= 11 is 0. The molecule has 1 aromatic heterocycles. The number of rotatable bonds is 3. The minimum atomic E-state index is -0.426. The Balaban J connectivity index is 1.55. The van der Waals surface area contributed by atoms with Gasteiger partial charge in [-0.2, -0.15) is 0 Å². The largest absolute Gasteiger partial charge is 0.444 e. The number of aromatic amines is 1. The van der Waals surface area contributed by atoms with Crippen LogP contribution >= 0.6 is 0 Å². The lowest BCUT2D eigenvalue weighted by Gasteiger charge is -2.39. The molecule has 2 unspecified atom stereocenters. The molecule has 2 saturated heterocycles. The Hall–Kier alpha value is -1.56. The molecule has 0 saturated carbocycles. The molecule has 23 heavy (non-hydrogen) atoms. The molecule has 2 aliphatic heterocycles. The molecule has 1 amide bonds. The molecular weight excluding hydrogens is 292 g/mol. The lowest BCUT2D eigenvalue weighted by Crippen LogP contribution is -2.52. The number of nitrogens with zero attached hydrogens (tertiary/aromatic N) is 2. The minimum Gasteiger partial charge on any atom is -0.444 e. The number of aromatic nitrogens is 2. The predicted molar refractivity (Wildman–Crippen MR) is 88.1 cm³/mol. The van der Waals surface area contributed by atoms with Crippen LogP contribution in [0.4, 0.5) is 4.79 Å². The monoisotopic (exact) mass is 320 g/mol. The maximum atomic E-state index is 12.4. The first-order valence-corrected chi connectivity index (χ1v) is 8.57. The Labute approximate surface area is 138 Å². The van der Waals surface area contributed by atoms with Gasteiger partial charge in [-0.05, 0) is 53.4 Å². The van der Waals surface area contributed by atoms with Crippen molar-refractivity contribution in [1.82, 2.24) is 20.2 Å². The third-order valence-electron chi connectivity index (χ3n) is 4.67. The van der Waals surface area contributed by atoms with Crippen molar-refractivity contribution < 1.29 is 9.53 Å². The van der Waals surface area contributed by atoms with Crippen molar-refractivity contribution in [3.63, 3.8) is 0 Å². The molecule has 0 radical (unpaired) electrons. The molecule has 3 rings (SSSR count). The highest BCUT2D eigenvalue weighted by molar-refractivity contribution is 5.69. The molecule has 0 aliphatic carbocycles. The first kappa shape index (κ1) is 16.3. The van der Waals surface area contributed by atoms with Crippen LogP contribution in [0.5, 0.6) is 0 Å². The fraction of sp³-hybridized carbons (Fsp3) is 0.765. The number of aryl methyl sites for hydroxylation is 1. The molecule has 6 nitrogen and oxygen atoms in total. The number of amides is 1. The van der Waals surface area contributed by atoms with Crippen LogP contribution in [0.25, 0.3) is 0 Å². The van der Waals surface area contributed by atoms with E-state index in [-0.39, 0.29) is 6.09 Å². The van der Waals surface area contributed by atoms with E-state index in [1.165, 1.54) is 0 Å². The molecule has 1 aromatic rings. The summed E-state index contributed by atoms with van der Waals surface area (Å²) in [6.07, 6.45) is 5.92. The van der Waals surface area contributed by atoms with Crippen molar-refractivity contribution in [3.8, 4) is 0 Å². The second kappa shape index (κ2) is 6.15. The second-order valence-electron chi connectivity index (χ2n) is 7.82. The van der Waals surface area contributed by atoms with Crippen molar-refractivity contribution in [1.29, 1.82) is 0 Å². The summed E-state index contributed by atoms with van der Waals surface area (Å²) in [4.78, 5) is 21.9. The molecule has 0 aromatic carbocycles. The quantitative estimate of drug-likeness (QED) is 0.898. The van der Waals surface area contributed by atoms with E-state index in [1.54, 1.807) is 0 Å². The molecule has 128 valence electrons. The number of ether oxygens (including phenoxy) is 1. The highest BCUT2D eigenvalue weighted by Crippen LogP contribution is 2.36. The molecule has 2 N–H and O–H groups in total. The summed E-state index contributed by atoms with van der Waals surface area (Å²) in [5, 5.41) is 3.61. The van der Waals surface area contributed by atoms with Gasteiger partial charge in [-0.3, -0.25) is 0 Å². The smallest absolute Gasteiger partial charge is 0.410 e. The number of carbonyl (C=O) groups excluding carboxylic acids is 1. The van der Waals surface area contributed by atoms with Crippen LogP contribution in [0.3, 0.4) is 0 Å². The van der Waals surface area contributed by atoms with Crippen LogP contribution in [0.15, 0.2) is 6.20 Å². The van der Waals surface area contributed by atoms with Gasteiger partial charge in [0.1, 0.15) is 11.4 Å². The fourth-order valence-corrected chi connectivity index (χ4v) is 3.77. The average molecular weight is 320 g/mol. The summed E-state index contributed by atoms with van der Waals surface area (Å²) in [7, 11) is 0. The van der Waals surface area contributed by atoms with E-state index in [9.17, 15) is 4.79 Å². The van der Waals surface area contributed by atoms with Crippen molar-refractivity contribution >= 4 is 6.09 Å². The van der Waals surface area contributed by atoms with Crippen molar-refractivity contribution in [2.24, 2.45) is 0 Å². The van der Waals surface area contributed by atoms with E-state index < -0.39 is 5.60 Å². The molecule has 2 bridgehead atoms. The van der Waals surface area contributed by atoms with Crippen LogP contribution in [0, 0.1) is 6.92 Å². The van der Waals surface area contributed by atoms with Gasteiger partial charge in [0.25, 0.3) is 0 Å². The lowest BCUT2D eigenvalue weighted by molar-refractivity contribution is 0.00465. The maximum Gasteiger partial charge on any atom is 0.410 e. The normalized spacial score (nSPS) is 27.3. The molecular formula is C17H28N4O2. The summed E-state index contributed by atoms with van der Waals surface area (Å²) in [5.41, 5.74) is 0.689.